The second kappa shape index (κ2) is 4.83. The first-order valence-electron chi connectivity index (χ1n) is 6.21. The van der Waals surface area contributed by atoms with E-state index in [0.717, 1.165) is 0 Å². The van der Waals surface area contributed by atoms with Crippen LogP contribution >= 0.6 is 0 Å². The fraction of sp³-hybridized carbons (Fsp3) is 1.00. The minimum atomic E-state index is -0.957. The van der Waals surface area contributed by atoms with Crippen LogP contribution in [0.15, 0.2) is 0 Å². The van der Waals surface area contributed by atoms with Crippen LogP contribution in [0.25, 0.3) is 0 Å². The summed E-state index contributed by atoms with van der Waals surface area (Å²) < 4.78 is 9.07. The summed E-state index contributed by atoms with van der Waals surface area (Å²) in [6.07, 6.45) is 0. The molecule has 0 spiro atoms. The van der Waals surface area contributed by atoms with Gasteiger partial charge in [-0.05, 0) is 33.0 Å². The summed E-state index contributed by atoms with van der Waals surface area (Å²) in [5, 5.41) is 0. The van der Waals surface area contributed by atoms with Crippen molar-refractivity contribution >= 4 is 24.9 Å². The molecule has 1 saturated heterocycles. The Bertz CT molecular complexity index is 201. The lowest BCUT2D eigenvalue weighted by atomic mass is 10.2. The van der Waals surface area contributed by atoms with E-state index in [0.29, 0.717) is 0 Å². The van der Waals surface area contributed by atoms with Crippen molar-refractivity contribution in [1.29, 1.82) is 0 Å². The Morgan fingerprint density at radius 2 is 1.87 bits per heavy atom. The fourth-order valence-electron chi connectivity index (χ4n) is 2.98. The Balaban J connectivity index is 2.74. The zero-order valence-corrected chi connectivity index (χ0v) is 14.8. The van der Waals surface area contributed by atoms with E-state index >= 15 is 0 Å². The molecule has 2 nitrogen and oxygen atoms in total. The van der Waals surface area contributed by atoms with Crippen molar-refractivity contribution in [2.24, 2.45) is 0 Å². The molecule has 1 aliphatic rings. The second-order valence-corrected chi connectivity index (χ2v) is 25.8. The van der Waals surface area contributed by atoms with E-state index in [4.69, 9.17) is 4.43 Å². The largest absolute Gasteiger partial charge is 0.405 e. The van der Waals surface area contributed by atoms with Crippen LogP contribution < -0.4 is 0 Å². The summed E-state index contributed by atoms with van der Waals surface area (Å²) in [5.74, 6) is 0. The van der Waals surface area contributed by atoms with Crippen LogP contribution in [0.4, 0.5) is 0 Å². The van der Waals surface area contributed by atoms with Crippen LogP contribution in [0.2, 0.25) is 19.1 Å². The van der Waals surface area contributed by atoms with Crippen LogP contribution in [-0.4, -0.2) is 48.1 Å². The molecule has 15 heavy (non-hydrogen) atoms. The third-order valence-electron chi connectivity index (χ3n) is 3.31. The zero-order chi connectivity index (χ0) is 11.7. The Morgan fingerprint density at radius 1 is 1.33 bits per heavy atom. The van der Waals surface area contributed by atoms with Crippen molar-refractivity contribution in [1.82, 2.24) is 4.57 Å². The van der Waals surface area contributed by atoms with Gasteiger partial charge in [0.05, 0.1) is 8.55 Å². The topological polar surface area (TPSA) is 12.5 Å². The maximum absolute atomic E-state index is 6.41. The lowest BCUT2D eigenvalue weighted by molar-refractivity contribution is 0.112. The average molecular weight is 262 g/mol. The van der Waals surface area contributed by atoms with Crippen LogP contribution in [0.3, 0.4) is 0 Å². The van der Waals surface area contributed by atoms with Gasteiger partial charge >= 0.3 is 0 Å². The predicted octanol–water partition coefficient (Wildman–Crippen LogP) is 1.23. The minimum Gasteiger partial charge on any atom is -0.405 e. The van der Waals surface area contributed by atoms with Crippen LogP contribution in [-0.2, 0) is 4.43 Å². The van der Waals surface area contributed by atoms with Crippen LogP contribution in [0, 0.1) is 0 Å². The van der Waals surface area contributed by atoms with Gasteiger partial charge in [0, 0.05) is 13.2 Å². The normalized spacial score (nSPS) is 31.0. The van der Waals surface area contributed by atoms with Gasteiger partial charge in [-0.15, -0.1) is 0 Å². The van der Waals surface area contributed by atoms with E-state index in [1.54, 1.807) is 0 Å². The average Bonchev–Trinajstić information content (AvgIpc) is 2.00. The SMILES string of the molecule is CCN(CC)[SiH]1OC(C)(C)C[Si](C)(C)[SiH2]1. The smallest absolute Gasteiger partial charge is 0.229 e. The molecule has 0 aromatic heterocycles. The van der Waals surface area contributed by atoms with Crippen LogP contribution in [0.1, 0.15) is 27.7 Å². The third kappa shape index (κ3) is 3.81. The molecular formula is C10H27NOSi3. The first kappa shape index (κ1) is 13.6. The third-order valence-corrected chi connectivity index (χ3v) is 29.3. The lowest BCUT2D eigenvalue weighted by Crippen LogP contribution is -2.64. The molecule has 90 valence electrons. The molecule has 5 heteroatoms. The Hall–Kier alpha value is 0.571. The summed E-state index contributed by atoms with van der Waals surface area (Å²) in [6.45, 7) is 16.7. The van der Waals surface area contributed by atoms with E-state index in [-0.39, 0.29) is 14.2 Å². The van der Waals surface area contributed by atoms with Gasteiger partial charge < -0.3 is 8.99 Å². The summed E-state index contributed by atoms with van der Waals surface area (Å²) in [5.41, 5.74) is 0.181. The van der Waals surface area contributed by atoms with Crippen molar-refractivity contribution in [2.75, 3.05) is 13.1 Å². The van der Waals surface area contributed by atoms with Gasteiger partial charge in [-0.3, -0.25) is 0 Å². The maximum atomic E-state index is 6.41. The molecule has 0 aromatic rings. The molecule has 0 amide bonds. The molecule has 0 aromatic carbocycles. The van der Waals surface area contributed by atoms with E-state index < -0.39 is 16.3 Å². The highest BCUT2D eigenvalue weighted by Gasteiger charge is 2.43. The lowest BCUT2D eigenvalue weighted by Gasteiger charge is -2.46. The molecular weight excluding hydrogens is 234 g/mol. The zero-order valence-electron chi connectivity index (χ0n) is 11.3. The first-order valence-corrected chi connectivity index (χ1v) is 16.0. The Labute approximate surface area is 99.6 Å². The van der Waals surface area contributed by atoms with Gasteiger partial charge in [0.25, 0.3) is 0 Å². The molecule has 0 N–H and O–H groups in total. The van der Waals surface area contributed by atoms with Gasteiger partial charge in [-0.2, -0.15) is 0 Å². The van der Waals surface area contributed by atoms with Crippen molar-refractivity contribution < 1.29 is 4.43 Å². The molecule has 1 heterocycles. The monoisotopic (exact) mass is 261 g/mol. The highest BCUT2D eigenvalue weighted by atomic mass is 29.6. The summed E-state index contributed by atoms with van der Waals surface area (Å²) in [7, 11) is -1.71. The van der Waals surface area contributed by atoms with E-state index in [2.05, 4.69) is 45.4 Å². The summed E-state index contributed by atoms with van der Waals surface area (Å²) in [6, 6.07) is 1.39. The molecule has 1 unspecified atom stereocenters. The highest BCUT2D eigenvalue weighted by molar-refractivity contribution is 7.46. The van der Waals surface area contributed by atoms with E-state index in [1.807, 2.05) is 0 Å². The minimum absolute atomic E-state index is 0.0936. The predicted molar refractivity (Wildman–Crippen MR) is 76.1 cm³/mol. The highest BCUT2D eigenvalue weighted by Crippen LogP contribution is 2.29. The number of rotatable bonds is 3. The summed E-state index contributed by atoms with van der Waals surface area (Å²) >= 11 is 0. The van der Waals surface area contributed by atoms with Crippen molar-refractivity contribution in [3.8, 4) is 0 Å². The molecule has 0 radical (unpaired) electrons. The van der Waals surface area contributed by atoms with Gasteiger partial charge in [0.2, 0.25) is 8.72 Å². The number of hydrogen-bond acceptors (Lipinski definition) is 2. The van der Waals surface area contributed by atoms with E-state index in [1.165, 1.54) is 19.1 Å². The van der Waals surface area contributed by atoms with Gasteiger partial charge in [0.1, 0.15) is 0 Å². The van der Waals surface area contributed by atoms with Gasteiger partial charge in [-0.25, -0.2) is 0 Å². The molecule has 1 rings (SSSR count). The number of hydrogen-bond donors (Lipinski definition) is 0. The molecule has 0 bridgehead atoms. The Morgan fingerprint density at radius 3 is 2.27 bits per heavy atom. The van der Waals surface area contributed by atoms with Crippen LogP contribution in [0.5, 0.6) is 0 Å². The first-order chi connectivity index (χ1) is 6.79. The van der Waals surface area contributed by atoms with Crippen molar-refractivity contribution in [3.63, 3.8) is 0 Å². The van der Waals surface area contributed by atoms with E-state index in [9.17, 15) is 0 Å². The molecule has 1 aliphatic heterocycles. The quantitative estimate of drug-likeness (QED) is 0.709. The van der Waals surface area contributed by atoms with Gasteiger partial charge in [-0.1, -0.05) is 26.9 Å². The van der Waals surface area contributed by atoms with Gasteiger partial charge in [0.15, 0.2) is 0 Å². The maximum Gasteiger partial charge on any atom is 0.229 e. The van der Waals surface area contributed by atoms with Crippen molar-refractivity contribution in [3.05, 3.63) is 0 Å². The second-order valence-electron chi connectivity index (χ2n) is 6.10. The molecule has 0 saturated carbocycles. The number of nitrogens with zero attached hydrogens (tertiary/aromatic N) is 1. The molecule has 1 fully saturated rings. The fourth-order valence-corrected chi connectivity index (χ4v) is 30.6. The molecule has 1 atom stereocenters. The van der Waals surface area contributed by atoms with Crippen molar-refractivity contribution in [2.45, 2.75) is 52.4 Å². The summed E-state index contributed by atoms with van der Waals surface area (Å²) in [4.78, 5) is 0. The molecule has 0 aliphatic carbocycles. The Kier molecular flexibility index (Phi) is 4.39. The standard InChI is InChI=1S/C10H27NOSi3/c1-7-11(8-2)14-12-10(3,4)9-15(5,6)13-14/h14H,7-9,13H2,1-6H3.